The summed E-state index contributed by atoms with van der Waals surface area (Å²) in [6.45, 7) is 2.31. The van der Waals surface area contributed by atoms with Gasteiger partial charge in [-0.25, -0.2) is 0 Å². The van der Waals surface area contributed by atoms with E-state index >= 15 is 0 Å². The predicted molar refractivity (Wildman–Crippen MR) is 97.4 cm³/mol. The Morgan fingerprint density at radius 3 is 2.32 bits per heavy atom. The predicted octanol–water partition coefficient (Wildman–Crippen LogP) is 3.93. The van der Waals surface area contributed by atoms with Gasteiger partial charge >= 0.3 is 6.18 Å². The smallest absolute Gasteiger partial charge is 0.416 e. The van der Waals surface area contributed by atoms with E-state index in [0.717, 1.165) is 17.0 Å². The minimum absolute atomic E-state index is 0.0599. The van der Waals surface area contributed by atoms with Gasteiger partial charge in [0.25, 0.3) is 11.8 Å². The Kier molecular flexibility index (Phi) is 5.13. The number of hydrogen-bond donors (Lipinski definition) is 1. The highest BCUT2D eigenvalue weighted by Gasteiger charge is 2.37. The number of nitrogens with one attached hydrogen (secondary N) is 1. The van der Waals surface area contributed by atoms with Crippen LogP contribution < -0.4 is 10.1 Å². The number of alkyl halides is 3. The van der Waals surface area contributed by atoms with Crippen molar-refractivity contribution in [2.75, 3.05) is 19.0 Å². The molecule has 1 N–H and O–H groups in total. The lowest BCUT2D eigenvalue weighted by Gasteiger charge is -2.12. The molecule has 1 heterocycles. The van der Waals surface area contributed by atoms with Crippen LogP contribution in [-0.2, 0) is 15.8 Å². The molecule has 0 unspecified atom stereocenters. The number of halogens is 3. The molecule has 0 spiro atoms. The van der Waals surface area contributed by atoms with Crippen LogP contribution in [0.25, 0.3) is 5.57 Å². The van der Waals surface area contributed by atoms with Crippen molar-refractivity contribution in [1.29, 1.82) is 0 Å². The van der Waals surface area contributed by atoms with E-state index in [1.807, 2.05) is 6.92 Å². The van der Waals surface area contributed by atoms with E-state index in [-0.39, 0.29) is 17.0 Å². The SMILES string of the molecule is CCOc1ccc(C2=C(Nc3cccc(C(F)(F)F)c3)C(=O)N(C)C2=O)cc1. The zero-order valence-corrected chi connectivity index (χ0v) is 15.1. The van der Waals surface area contributed by atoms with E-state index in [2.05, 4.69) is 5.32 Å². The van der Waals surface area contributed by atoms with Gasteiger partial charge in [0.1, 0.15) is 11.4 Å². The summed E-state index contributed by atoms with van der Waals surface area (Å²) in [7, 11) is 1.32. The third-order valence-corrected chi connectivity index (χ3v) is 4.20. The second-order valence-corrected chi connectivity index (χ2v) is 6.08. The average molecular weight is 390 g/mol. The second-order valence-electron chi connectivity index (χ2n) is 6.08. The molecule has 28 heavy (non-hydrogen) atoms. The van der Waals surface area contributed by atoms with Gasteiger partial charge in [0, 0.05) is 12.7 Å². The van der Waals surface area contributed by atoms with Crippen molar-refractivity contribution < 1.29 is 27.5 Å². The van der Waals surface area contributed by atoms with Crippen molar-refractivity contribution in [1.82, 2.24) is 4.90 Å². The fourth-order valence-corrected chi connectivity index (χ4v) is 2.83. The summed E-state index contributed by atoms with van der Waals surface area (Å²) in [5, 5.41) is 2.69. The van der Waals surface area contributed by atoms with Gasteiger partial charge < -0.3 is 10.1 Å². The Morgan fingerprint density at radius 1 is 1.04 bits per heavy atom. The zero-order chi connectivity index (χ0) is 20.5. The van der Waals surface area contributed by atoms with Crippen LogP contribution in [0.2, 0.25) is 0 Å². The number of ether oxygens (including phenoxy) is 1. The highest BCUT2D eigenvalue weighted by molar-refractivity contribution is 6.36. The molecule has 146 valence electrons. The maximum absolute atomic E-state index is 12.9. The first-order valence-corrected chi connectivity index (χ1v) is 8.46. The Labute approximate surface area is 159 Å². The number of benzene rings is 2. The first kappa shape index (κ1) is 19.5. The molecule has 3 rings (SSSR count). The third kappa shape index (κ3) is 3.71. The van der Waals surface area contributed by atoms with Gasteiger partial charge in [0.05, 0.1) is 17.7 Å². The Balaban J connectivity index is 2.01. The zero-order valence-electron chi connectivity index (χ0n) is 15.1. The van der Waals surface area contributed by atoms with Crippen LogP contribution in [0.4, 0.5) is 18.9 Å². The number of nitrogens with zero attached hydrogens (tertiary/aromatic N) is 1. The number of likely N-dealkylation sites (N-methyl/N-ethyl adjacent to an activating group) is 1. The standard InChI is InChI=1S/C20H17F3N2O3/c1-3-28-15-9-7-12(8-10-15)16-17(19(27)25(2)18(16)26)24-14-6-4-5-13(11-14)20(21,22)23/h4-11,24H,3H2,1-2H3. The summed E-state index contributed by atoms with van der Waals surface area (Å²) in [6.07, 6.45) is -4.52. The van der Waals surface area contributed by atoms with Crippen molar-refractivity contribution in [3.05, 3.63) is 65.4 Å². The molecular weight excluding hydrogens is 373 g/mol. The van der Waals surface area contributed by atoms with Crippen molar-refractivity contribution >= 4 is 23.1 Å². The molecule has 5 nitrogen and oxygen atoms in total. The molecule has 0 bridgehead atoms. The number of anilines is 1. The van der Waals surface area contributed by atoms with Gasteiger partial charge in [-0.3, -0.25) is 14.5 Å². The third-order valence-electron chi connectivity index (χ3n) is 4.20. The molecule has 2 aromatic carbocycles. The Bertz CT molecular complexity index is 950. The van der Waals surface area contributed by atoms with Gasteiger partial charge in [-0.05, 0) is 42.8 Å². The largest absolute Gasteiger partial charge is 0.494 e. The molecule has 0 saturated carbocycles. The lowest BCUT2D eigenvalue weighted by molar-refractivity contribution is -0.137. The van der Waals surface area contributed by atoms with E-state index in [0.29, 0.717) is 17.9 Å². The van der Waals surface area contributed by atoms with Gasteiger partial charge in [-0.15, -0.1) is 0 Å². The van der Waals surface area contributed by atoms with Crippen molar-refractivity contribution in [3.8, 4) is 5.75 Å². The van der Waals surface area contributed by atoms with E-state index in [4.69, 9.17) is 4.74 Å². The van der Waals surface area contributed by atoms with Gasteiger partial charge in [0.2, 0.25) is 0 Å². The normalized spacial score (nSPS) is 14.7. The molecule has 8 heteroatoms. The molecule has 0 radical (unpaired) electrons. The number of amides is 2. The summed E-state index contributed by atoms with van der Waals surface area (Å²) in [6, 6.07) is 11.0. The molecular formula is C20H17F3N2O3. The molecule has 0 atom stereocenters. The van der Waals surface area contributed by atoms with Crippen LogP contribution in [0.3, 0.4) is 0 Å². The average Bonchev–Trinajstić information content (AvgIpc) is 2.86. The first-order valence-electron chi connectivity index (χ1n) is 8.46. The van der Waals surface area contributed by atoms with E-state index in [1.54, 1.807) is 24.3 Å². The van der Waals surface area contributed by atoms with E-state index in [9.17, 15) is 22.8 Å². The van der Waals surface area contributed by atoms with Crippen molar-refractivity contribution in [3.63, 3.8) is 0 Å². The summed E-state index contributed by atoms with van der Waals surface area (Å²) < 4.78 is 44.2. The van der Waals surface area contributed by atoms with E-state index in [1.165, 1.54) is 19.2 Å². The molecule has 2 amide bonds. The number of carbonyl (C=O) groups excluding carboxylic acids is 2. The van der Waals surface area contributed by atoms with Gasteiger partial charge in [0.15, 0.2) is 0 Å². The maximum atomic E-state index is 12.9. The highest BCUT2D eigenvalue weighted by atomic mass is 19.4. The fraction of sp³-hybridized carbons (Fsp3) is 0.200. The molecule has 2 aromatic rings. The second kappa shape index (κ2) is 7.38. The van der Waals surface area contributed by atoms with E-state index < -0.39 is 23.6 Å². The van der Waals surface area contributed by atoms with Crippen molar-refractivity contribution in [2.24, 2.45) is 0 Å². The van der Waals surface area contributed by atoms with Crippen LogP contribution in [0.1, 0.15) is 18.1 Å². The fourth-order valence-electron chi connectivity index (χ4n) is 2.83. The number of rotatable bonds is 5. The lowest BCUT2D eigenvalue weighted by Crippen LogP contribution is -2.27. The molecule has 1 aliphatic rings. The van der Waals surface area contributed by atoms with Crippen LogP contribution >= 0.6 is 0 Å². The van der Waals surface area contributed by atoms with Crippen LogP contribution in [0, 0.1) is 0 Å². The minimum Gasteiger partial charge on any atom is -0.494 e. The van der Waals surface area contributed by atoms with Gasteiger partial charge in [-0.1, -0.05) is 18.2 Å². The van der Waals surface area contributed by atoms with Crippen LogP contribution in [0.5, 0.6) is 5.75 Å². The summed E-state index contributed by atoms with van der Waals surface area (Å²) in [4.78, 5) is 26.0. The Morgan fingerprint density at radius 2 is 1.71 bits per heavy atom. The first-order chi connectivity index (χ1) is 13.2. The van der Waals surface area contributed by atoms with Gasteiger partial charge in [-0.2, -0.15) is 13.2 Å². The topological polar surface area (TPSA) is 58.6 Å². The highest BCUT2D eigenvalue weighted by Crippen LogP contribution is 2.33. The number of hydrogen-bond acceptors (Lipinski definition) is 4. The summed E-state index contributed by atoms with van der Waals surface area (Å²) in [5.41, 5.74) is -0.319. The van der Waals surface area contributed by atoms with Crippen LogP contribution in [-0.4, -0.2) is 30.4 Å². The maximum Gasteiger partial charge on any atom is 0.416 e. The summed E-state index contributed by atoms with van der Waals surface area (Å²) in [5.74, 6) is -0.556. The Hall–Kier alpha value is -3.29. The minimum atomic E-state index is -4.52. The molecule has 0 fully saturated rings. The summed E-state index contributed by atoms with van der Waals surface area (Å²) >= 11 is 0. The van der Waals surface area contributed by atoms with Crippen LogP contribution in [0.15, 0.2) is 54.2 Å². The quantitative estimate of drug-likeness (QED) is 0.786. The number of imide groups is 1. The molecule has 0 aromatic heterocycles. The molecule has 0 aliphatic carbocycles. The monoisotopic (exact) mass is 390 g/mol. The molecule has 0 saturated heterocycles. The van der Waals surface area contributed by atoms with Crippen molar-refractivity contribution in [2.45, 2.75) is 13.1 Å². The number of carbonyl (C=O) groups is 2. The lowest BCUT2D eigenvalue weighted by atomic mass is 10.0. The molecule has 1 aliphatic heterocycles.